The van der Waals surface area contributed by atoms with Crippen LogP contribution >= 0.6 is 46.4 Å². The van der Waals surface area contributed by atoms with Gasteiger partial charge in [0.15, 0.2) is 40.0 Å². The fraction of sp³-hybridized carbons (Fsp3) is 0.667. The Morgan fingerprint density at radius 1 is 0.547 bits per heavy atom. The summed E-state index contributed by atoms with van der Waals surface area (Å²) >= 11 is 19.4. The fourth-order valence-corrected chi connectivity index (χ4v) is 12.7. The summed E-state index contributed by atoms with van der Waals surface area (Å²) in [5.74, 6) is 27.7. The van der Waals surface area contributed by atoms with Crippen LogP contribution in [0.4, 0.5) is 9.59 Å². The Balaban J connectivity index is -0.000000480. The van der Waals surface area contributed by atoms with Gasteiger partial charge in [-0.05, 0) is 238 Å². The number of benzene rings is 1. The van der Waals surface area contributed by atoms with E-state index in [0.717, 1.165) is 55.8 Å². The SMILES string of the molecule is CC(C)(C)C#CC[C@](C)(O)C(=O)OCC[Si](C)(C)C.CC[C@@]1(CC#CC(C)(C)C)OC(=O)OC1=O.CC[C@](O)(CC#CC(C)(C)C)C(=O)O.CC[C@](O)(CC#CC(C)(C)C)C(=O)OCC[Si](C)(C)C.CC[C@](O)(CC#CC(C)(C)C)C(=O)O[C@@H]1C(OC)=C[C@]23CCCN2CCc2cc4c(cc2[C@H]13)OCO4.O=C(Cl)OC(Cl)(Cl)Cl.O=C=O.O=C=O.O=C=O.O=C=O.O=C=O. The Labute approximate surface area is 774 Å². The molecule has 1 spiro atoms. The van der Waals surface area contributed by atoms with Crippen molar-refractivity contribution < 1.29 is 150 Å². The maximum absolute atomic E-state index is 13.5. The number of aliphatic carboxylic acids is 1. The number of rotatable bonds is 21. The summed E-state index contributed by atoms with van der Waals surface area (Å²) < 4.78 is 44.9. The zero-order valence-electron chi connectivity index (χ0n) is 78.6. The van der Waals surface area contributed by atoms with Crippen LogP contribution in [0.15, 0.2) is 24.0 Å². The van der Waals surface area contributed by atoms with E-state index in [-0.39, 0.29) is 121 Å². The molecule has 32 nitrogen and oxygen atoms in total. The molecule has 5 aliphatic rings. The second-order valence-electron chi connectivity index (χ2n) is 36.9. The van der Waals surface area contributed by atoms with Crippen molar-refractivity contribution in [3.63, 3.8) is 0 Å². The second-order valence-corrected chi connectivity index (χ2v) is 50.6. The molecule has 716 valence electrons. The fourth-order valence-electron chi connectivity index (χ4n) is 10.8. The molecule has 8 atom stereocenters. The number of fused-ring (bicyclic) bond motifs is 3. The number of hydrogen-bond acceptors (Lipinski definition) is 31. The third-order valence-electron chi connectivity index (χ3n) is 17.6. The smallest absolute Gasteiger partial charge is 0.497 e. The molecule has 4 aliphatic heterocycles. The standard InChI is InChI=1S/C29H37NO6.C16H30O3Si.C15H28O3Si.C12H16O4.C11H18O3.C2Cl4O2.5CO2/c1-6-29(32,12-7-10-27(2,3)4)26(31)36-25-23(33-5)17-28-11-8-13-30(28)14-9-19-15-21-22(35-18-34-21)16-20(19)24(25)28;1-8-16(18,11-9-10-15(2,3)4)14(17)19-12-13-20(5,6)7;1-14(2,3)9-8-10-15(4,17)13(16)18-11-12-19(5,6)7;1-5-12(8-6-7-11(2,3)4)9(13)15-10(14)16-12;1-5-11(14,9(12)13)8-6-7-10(2,3)4;3-1(7)8-2(4,5)6;5*2-1-3/h15-17,24-25,32H,6,8-9,11-14,18H2,1-5H3;18H,8,11-13H2,1-7H3;17H,10-12H2,1-7H3;5,8H2,1-4H3;14H,5,8H2,1-4H3,(H,12,13);;;;;;/t24-,25-,28+,29+;16-;15-;12-;11-;;;;;;/m10000....../s1. The van der Waals surface area contributed by atoms with Gasteiger partial charge in [0, 0.05) is 87.1 Å². The predicted molar refractivity (Wildman–Crippen MR) is 472 cm³/mol. The molecule has 2 fully saturated rings. The van der Waals surface area contributed by atoms with Gasteiger partial charge in [-0.2, -0.15) is 47.9 Å². The maximum Gasteiger partial charge on any atom is 0.517 e. The van der Waals surface area contributed by atoms with E-state index in [1.807, 2.05) is 104 Å². The van der Waals surface area contributed by atoms with Gasteiger partial charge in [0.25, 0.3) is 0 Å². The molecule has 0 amide bonds. The van der Waals surface area contributed by atoms with Crippen molar-refractivity contribution in [3.05, 3.63) is 35.1 Å². The number of cyclic esters (lactones) is 3. The number of carboxylic acids is 1. The van der Waals surface area contributed by atoms with Gasteiger partial charge in [-0.1, -0.05) is 126 Å². The number of carbonyl (C=O) groups is 7. The minimum absolute atomic E-state index is 0.0178. The molecule has 0 bridgehead atoms. The minimum atomic E-state index is -2.04. The van der Waals surface area contributed by atoms with Crippen LogP contribution in [0.2, 0.25) is 51.4 Å². The van der Waals surface area contributed by atoms with Crippen LogP contribution in [0.25, 0.3) is 0 Å². The number of halogens is 4. The van der Waals surface area contributed by atoms with Crippen LogP contribution in [-0.4, -0.2) is 203 Å². The van der Waals surface area contributed by atoms with Gasteiger partial charge in [0.05, 0.1) is 38.2 Å². The number of aliphatic hydroxyl groups is 4. The maximum atomic E-state index is 13.5. The lowest BCUT2D eigenvalue weighted by atomic mass is 9.77. The molecule has 0 aromatic heterocycles. The first-order valence-corrected chi connectivity index (χ1v) is 49.2. The van der Waals surface area contributed by atoms with E-state index < -0.39 is 95.7 Å². The van der Waals surface area contributed by atoms with Gasteiger partial charge in [-0.3, -0.25) is 4.90 Å². The normalized spacial score (nSPS) is 18.2. The Morgan fingerprint density at radius 3 is 1.26 bits per heavy atom. The molecule has 2 saturated heterocycles. The Morgan fingerprint density at radius 2 is 0.922 bits per heavy atom. The highest BCUT2D eigenvalue weighted by Crippen LogP contribution is 2.56. The molecule has 1 aliphatic carbocycles. The molecule has 5 N–H and O–H groups in total. The highest BCUT2D eigenvalue weighted by molar-refractivity contribution is 6.76. The van der Waals surface area contributed by atoms with Crippen LogP contribution in [0.5, 0.6) is 11.5 Å². The van der Waals surface area contributed by atoms with Crippen LogP contribution in [0, 0.1) is 86.3 Å². The lowest BCUT2D eigenvalue weighted by Crippen LogP contribution is -2.49. The van der Waals surface area contributed by atoms with E-state index in [1.54, 1.807) is 34.8 Å². The summed E-state index contributed by atoms with van der Waals surface area (Å²) in [6.07, 6.45) is 6.20. The van der Waals surface area contributed by atoms with Gasteiger partial charge in [0.2, 0.25) is 12.4 Å². The molecule has 0 unspecified atom stereocenters. The third-order valence-corrected chi connectivity index (χ3v) is 21.3. The molecule has 1 aromatic rings. The Kier molecular flexibility index (Phi) is 58.1. The van der Waals surface area contributed by atoms with Gasteiger partial charge in [-0.15, -0.1) is 0 Å². The van der Waals surface area contributed by atoms with E-state index in [4.69, 9.17) is 121 Å². The Hall–Kier alpha value is -9.26. The summed E-state index contributed by atoms with van der Waals surface area (Å²) in [6, 6.07) is 5.94. The van der Waals surface area contributed by atoms with Gasteiger partial charge in [-0.25, -0.2) is 33.6 Å². The quantitative estimate of drug-likeness (QED) is 0.0145. The van der Waals surface area contributed by atoms with E-state index >= 15 is 0 Å². The lowest BCUT2D eigenvalue weighted by molar-refractivity contribution is -0.193. The number of carbonyl (C=O) groups excluding carboxylic acids is 16. The number of methoxy groups -OCH3 is 1. The zero-order chi connectivity index (χ0) is 101. The van der Waals surface area contributed by atoms with Crippen molar-refractivity contribution in [2.24, 2.45) is 27.1 Å². The Bertz CT molecular complexity index is 4260. The summed E-state index contributed by atoms with van der Waals surface area (Å²) in [4.78, 5) is 164. The molecule has 38 heteroatoms. The monoisotopic (exact) mass is 1920 g/mol. The lowest BCUT2D eigenvalue weighted by Gasteiger charge is -2.39. The number of ether oxygens (including phenoxy) is 9. The van der Waals surface area contributed by atoms with E-state index in [9.17, 15) is 54.0 Å². The minimum Gasteiger partial charge on any atom is -0.497 e. The number of hydrogen-bond donors (Lipinski definition) is 5. The number of alkyl halides is 3. The van der Waals surface area contributed by atoms with Crippen molar-refractivity contribution in [3.8, 4) is 70.7 Å². The molecule has 0 radical (unpaired) electrons. The van der Waals surface area contributed by atoms with Crippen LogP contribution in [0.3, 0.4) is 0 Å². The van der Waals surface area contributed by atoms with E-state index in [1.165, 1.54) is 12.5 Å². The van der Waals surface area contributed by atoms with Crippen molar-refractivity contribution in [1.82, 2.24) is 4.90 Å². The summed E-state index contributed by atoms with van der Waals surface area (Å²) in [6.45, 7) is 54.3. The molecule has 128 heavy (non-hydrogen) atoms. The largest absolute Gasteiger partial charge is 0.517 e. The number of carboxylic acid groups (broad SMARTS) is 1. The first-order valence-electron chi connectivity index (χ1n) is 40.3. The molecule has 0 saturated carbocycles. The van der Waals surface area contributed by atoms with Gasteiger partial charge in [0.1, 0.15) is 5.76 Å². The summed E-state index contributed by atoms with van der Waals surface area (Å²) in [5.41, 5.74) is -7.54. The second kappa shape index (κ2) is 58.4. The van der Waals surface area contributed by atoms with Crippen molar-refractivity contribution in [1.29, 1.82) is 0 Å². The molecular weight excluding hydrogens is 1790 g/mol. The van der Waals surface area contributed by atoms with Crippen LogP contribution in [-0.2, 0) is 111 Å². The molecule has 4 heterocycles. The van der Waals surface area contributed by atoms with Crippen molar-refractivity contribution in [2.45, 2.75) is 316 Å². The average molecular weight is 1920 g/mol. The van der Waals surface area contributed by atoms with E-state index in [0.29, 0.717) is 37.6 Å². The van der Waals surface area contributed by atoms with Crippen LogP contribution in [0.1, 0.15) is 226 Å². The highest BCUT2D eigenvalue weighted by atomic mass is 35.6. The first-order chi connectivity index (χ1) is 58.3. The summed E-state index contributed by atoms with van der Waals surface area (Å²) in [5, 5.41) is 50.0. The zero-order valence-corrected chi connectivity index (χ0v) is 83.7. The molecule has 6 rings (SSSR count). The average Bonchev–Trinajstić information content (AvgIpc) is 1.55. The van der Waals surface area contributed by atoms with Crippen LogP contribution < -0.4 is 9.47 Å². The number of nitrogens with zero attached hydrogens (tertiary/aromatic N) is 1. The van der Waals surface area contributed by atoms with Gasteiger partial charge < -0.3 is 68.2 Å². The van der Waals surface area contributed by atoms with Crippen molar-refractivity contribution in [2.75, 3.05) is 40.2 Å². The predicted octanol–water partition coefficient (Wildman–Crippen LogP) is 14.1. The topological polar surface area (TPSA) is 478 Å². The van der Waals surface area contributed by atoms with Gasteiger partial charge >= 0.3 is 76.2 Å². The summed E-state index contributed by atoms with van der Waals surface area (Å²) in [7, 11) is -0.830. The highest BCUT2D eigenvalue weighted by Gasteiger charge is 2.59. The first kappa shape index (κ1) is 127. The van der Waals surface area contributed by atoms with E-state index in [2.05, 4.69) is 143 Å². The molecule has 1 aromatic carbocycles. The third kappa shape index (κ3) is 54.3. The molecular formula is C90H129Cl4NO31Si2. The number of esters is 4. The van der Waals surface area contributed by atoms with Crippen molar-refractivity contribution >= 4 is 135 Å².